The van der Waals surface area contributed by atoms with Crippen LogP contribution in [-0.2, 0) is 9.53 Å². The van der Waals surface area contributed by atoms with Crippen LogP contribution >= 0.6 is 0 Å². The zero-order valence-electron chi connectivity index (χ0n) is 5.22. The fourth-order valence-corrected chi connectivity index (χ4v) is 0.750. The number of carbonyl (C=O) groups excluding carboxylic acids is 1. The van der Waals surface area contributed by atoms with Gasteiger partial charge in [-0.25, -0.2) is 9.90 Å². The van der Waals surface area contributed by atoms with Gasteiger partial charge in [0.05, 0.1) is 0 Å². The molecule has 0 unspecified atom stereocenters. The van der Waals surface area contributed by atoms with E-state index in [9.17, 15) is 9.90 Å². The van der Waals surface area contributed by atoms with E-state index in [1.54, 1.807) is 19.6 Å². The third kappa shape index (κ3) is 5.49. The first-order valence-electron chi connectivity index (χ1n) is 2.32. The van der Waals surface area contributed by atoms with Gasteiger partial charge in [-0.2, -0.15) is 0 Å². The van der Waals surface area contributed by atoms with Crippen LogP contribution in [0.1, 0.15) is 0 Å². The largest absolute Gasteiger partial charge is 0.535 e. The second-order valence-electron chi connectivity index (χ2n) is 2.46. The average Bonchev–Trinajstić information content (AvgIpc) is 1.21. The van der Waals surface area contributed by atoms with Gasteiger partial charge in [0, 0.05) is 0 Å². The van der Waals surface area contributed by atoms with Gasteiger partial charge in [-0.05, 0) is 19.6 Å². The maximum atomic E-state index is 9.72. The van der Waals surface area contributed by atoms with Gasteiger partial charge in [0.15, 0.2) is 0 Å². The smallest absolute Gasteiger partial charge is 0.487 e. The van der Waals surface area contributed by atoms with E-state index in [0.717, 1.165) is 0 Å². The summed E-state index contributed by atoms with van der Waals surface area (Å²) in [5, 5.41) is 9.72. The highest BCUT2D eigenvalue weighted by atomic mass is 28.4. The van der Waals surface area contributed by atoms with Crippen LogP contribution in [0.15, 0.2) is 0 Å². The molecule has 1 radical (unpaired) electrons. The van der Waals surface area contributed by atoms with Crippen molar-refractivity contribution in [2.45, 2.75) is 19.6 Å². The average molecular weight is 133 g/mol. The molecular formula is C4H9O3Si. The molecule has 0 aliphatic rings. The van der Waals surface area contributed by atoms with E-state index in [-0.39, 0.29) is 0 Å². The highest BCUT2D eigenvalue weighted by molar-refractivity contribution is 6.71. The Labute approximate surface area is 49.4 Å². The Balaban J connectivity index is 3.55. The molecule has 0 atom stereocenters. The van der Waals surface area contributed by atoms with Crippen LogP contribution in [0.5, 0.6) is 0 Å². The highest BCUT2D eigenvalue weighted by Crippen LogP contribution is 2.01. The van der Waals surface area contributed by atoms with Crippen molar-refractivity contribution in [1.82, 2.24) is 0 Å². The molecule has 47 valence electrons. The summed E-state index contributed by atoms with van der Waals surface area (Å²) in [5.41, 5.74) is 0. The minimum absolute atomic E-state index is 1.41. The lowest BCUT2D eigenvalue weighted by molar-refractivity contribution is 0.115. The summed E-state index contributed by atoms with van der Waals surface area (Å²) in [6.45, 7) is 5.34. The zero-order valence-corrected chi connectivity index (χ0v) is 6.22. The van der Waals surface area contributed by atoms with Crippen LogP contribution in [0.3, 0.4) is 0 Å². The first-order chi connectivity index (χ1) is 3.42. The summed E-state index contributed by atoms with van der Waals surface area (Å²) in [4.78, 5) is 9.72. The summed E-state index contributed by atoms with van der Waals surface area (Å²) in [7, 11) is -1.88. The van der Waals surface area contributed by atoms with E-state index in [0.29, 0.717) is 0 Å². The maximum absolute atomic E-state index is 9.72. The van der Waals surface area contributed by atoms with Crippen molar-refractivity contribution in [2.24, 2.45) is 0 Å². The Morgan fingerprint density at radius 2 is 1.75 bits per heavy atom. The second-order valence-corrected chi connectivity index (χ2v) is 6.89. The normalized spacial score (nSPS) is 10.9. The summed E-state index contributed by atoms with van der Waals surface area (Å²) in [6, 6.07) is 0. The molecule has 0 spiro atoms. The van der Waals surface area contributed by atoms with Crippen molar-refractivity contribution in [1.29, 1.82) is 0 Å². The predicted octanol–water partition coefficient (Wildman–Crippen LogP) is 1.39. The van der Waals surface area contributed by atoms with Crippen molar-refractivity contribution in [2.75, 3.05) is 0 Å². The van der Waals surface area contributed by atoms with Crippen LogP contribution in [-0.4, -0.2) is 14.5 Å². The number of carbonyl (C=O) groups is 1. The second kappa shape index (κ2) is 2.17. The standard InChI is InChI=1S/C4H9O3Si/c1-8(2,3)7-4(5)6/h1-3H3. The number of rotatable bonds is 1. The van der Waals surface area contributed by atoms with Gasteiger partial charge in [0.25, 0.3) is 8.32 Å². The lowest BCUT2D eigenvalue weighted by Gasteiger charge is -2.11. The molecule has 0 aromatic carbocycles. The van der Waals surface area contributed by atoms with Crippen molar-refractivity contribution in [3.05, 3.63) is 0 Å². The quantitative estimate of drug-likeness (QED) is 0.507. The Morgan fingerprint density at radius 1 is 1.38 bits per heavy atom. The molecule has 8 heavy (non-hydrogen) atoms. The van der Waals surface area contributed by atoms with Gasteiger partial charge in [-0.1, -0.05) is 0 Å². The minimum Gasteiger partial charge on any atom is -0.487 e. The van der Waals surface area contributed by atoms with Crippen molar-refractivity contribution in [3.8, 4) is 0 Å². The van der Waals surface area contributed by atoms with Gasteiger partial charge in [-0.15, -0.1) is 0 Å². The number of hydrogen-bond acceptors (Lipinski definition) is 2. The first-order valence-corrected chi connectivity index (χ1v) is 5.72. The van der Waals surface area contributed by atoms with Crippen LogP contribution in [0.25, 0.3) is 0 Å². The van der Waals surface area contributed by atoms with E-state index in [1.807, 2.05) is 0 Å². The number of hydrogen-bond donors (Lipinski definition) is 0. The first kappa shape index (κ1) is 7.49. The van der Waals surface area contributed by atoms with Crippen molar-refractivity contribution < 1.29 is 14.3 Å². The zero-order chi connectivity index (χ0) is 6.78. The van der Waals surface area contributed by atoms with Gasteiger partial charge >= 0.3 is 6.16 Å². The van der Waals surface area contributed by atoms with E-state index in [1.165, 1.54) is 0 Å². The summed E-state index contributed by atoms with van der Waals surface area (Å²) in [5.74, 6) is 0. The van der Waals surface area contributed by atoms with Crippen molar-refractivity contribution >= 4 is 14.5 Å². The molecule has 4 heteroatoms. The van der Waals surface area contributed by atoms with Gasteiger partial charge < -0.3 is 4.43 Å². The fraction of sp³-hybridized carbons (Fsp3) is 0.750. The minimum atomic E-state index is -1.88. The third-order valence-corrected chi connectivity index (χ3v) is 1.17. The molecule has 3 nitrogen and oxygen atoms in total. The van der Waals surface area contributed by atoms with Gasteiger partial charge in [0.2, 0.25) is 0 Å². The Morgan fingerprint density at radius 3 is 1.75 bits per heavy atom. The van der Waals surface area contributed by atoms with Crippen LogP contribution in [0.2, 0.25) is 19.6 Å². The van der Waals surface area contributed by atoms with Crippen LogP contribution < -0.4 is 0 Å². The predicted molar refractivity (Wildman–Crippen MR) is 30.5 cm³/mol. The molecule has 0 rings (SSSR count). The molecule has 0 aromatic heterocycles. The molecular weight excluding hydrogens is 124 g/mol. The summed E-state index contributed by atoms with van der Waals surface area (Å²) >= 11 is 0. The lowest BCUT2D eigenvalue weighted by atomic mass is 11.5. The van der Waals surface area contributed by atoms with Crippen LogP contribution in [0, 0.1) is 0 Å². The molecule has 0 fully saturated rings. The molecule has 0 amide bonds. The Hall–Kier alpha value is -0.513. The summed E-state index contributed by atoms with van der Waals surface area (Å²) < 4.78 is 4.38. The van der Waals surface area contributed by atoms with E-state index >= 15 is 0 Å². The topological polar surface area (TPSA) is 46.2 Å². The van der Waals surface area contributed by atoms with E-state index in [2.05, 4.69) is 4.43 Å². The summed E-state index contributed by atoms with van der Waals surface area (Å²) in [6.07, 6.45) is -1.41. The van der Waals surface area contributed by atoms with Crippen LogP contribution in [0.4, 0.5) is 4.79 Å². The van der Waals surface area contributed by atoms with Crippen molar-refractivity contribution in [3.63, 3.8) is 0 Å². The molecule has 0 aliphatic carbocycles. The fourth-order valence-electron chi connectivity index (χ4n) is 0.250. The Bertz CT molecular complexity index is 93.9. The molecule has 0 saturated carbocycles. The molecule has 0 bridgehead atoms. The maximum Gasteiger partial charge on any atom is 0.535 e. The van der Waals surface area contributed by atoms with E-state index in [4.69, 9.17) is 0 Å². The van der Waals surface area contributed by atoms with E-state index < -0.39 is 14.5 Å². The highest BCUT2D eigenvalue weighted by Gasteiger charge is 2.19. The Kier molecular flexibility index (Phi) is 2.03. The monoisotopic (exact) mass is 133 g/mol. The molecule has 0 N–H and O–H groups in total. The SMILES string of the molecule is C[Si](C)(C)OC([O])=O. The lowest BCUT2D eigenvalue weighted by Crippen LogP contribution is -2.27. The van der Waals surface area contributed by atoms with Gasteiger partial charge in [0.1, 0.15) is 0 Å². The van der Waals surface area contributed by atoms with Gasteiger partial charge in [-0.3, -0.25) is 0 Å². The third-order valence-electron chi connectivity index (χ3n) is 0.390. The molecule has 0 aromatic rings. The molecule has 0 heterocycles. The molecule has 0 saturated heterocycles. The molecule has 0 aliphatic heterocycles.